The third kappa shape index (κ3) is 3.36. The van der Waals surface area contributed by atoms with E-state index in [0.29, 0.717) is 33.8 Å². The normalized spacial score (nSPS) is 10.8. The summed E-state index contributed by atoms with van der Waals surface area (Å²) in [6.45, 7) is 0. The van der Waals surface area contributed by atoms with Gasteiger partial charge in [0.15, 0.2) is 5.58 Å². The molecule has 0 radical (unpaired) electrons. The van der Waals surface area contributed by atoms with Crippen molar-refractivity contribution in [1.29, 1.82) is 0 Å². The van der Waals surface area contributed by atoms with E-state index < -0.39 is 0 Å². The molecule has 1 N–H and O–H groups in total. The zero-order valence-electron chi connectivity index (χ0n) is 13.4. The number of aromatic nitrogens is 1. The largest absolute Gasteiger partial charge is 0.436 e. The molecule has 4 aromatic rings. The van der Waals surface area contributed by atoms with Crippen LogP contribution in [0, 0.1) is 5.82 Å². The summed E-state index contributed by atoms with van der Waals surface area (Å²) in [6.07, 6.45) is 0. The van der Waals surface area contributed by atoms with Crippen LogP contribution < -0.4 is 5.32 Å². The van der Waals surface area contributed by atoms with Gasteiger partial charge in [0.25, 0.3) is 5.91 Å². The van der Waals surface area contributed by atoms with Gasteiger partial charge in [-0.25, -0.2) is 9.37 Å². The number of nitrogens with zero attached hydrogens (tertiary/aromatic N) is 1. The summed E-state index contributed by atoms with van der Waals surface area (Å²) in [4.78, 5) is 16.7. The Hall–Kier alpha value is -2.99. The summed E-state index contributed by atoms with van der Waals surface area (Å²) in [5.41, 5.74) is 2.84. The van der Waals surface area contributed by atoms with Gasteiger partial charge in [-0.2, -0.15) is 0 Å². The summed E-state index contributed by atoms with van der Waals surface area (Å²) in [7, 11) is 0. The molecule has 0 spiro atoms. The van der Waals surface area contributed by atoms with Gasteiger partial charge in [-0.05, 0) is 54.6 Å². The smallest absolute Gasteiger partial charge is 0.255 e. The van der Waals surface area contributed by atoms with Crippen molar-refractivity contribution in [2.24, 2.45) is 0 Å². The van der Waals surface area contributed by atoms with Gasteiger partial charge in [-0.15, -0.1) is 0 Å². The topological polar surface area (TPSA) is 55.1 Å². The van der Waals surface area contributed by atoms with Crippen molar-refractivity contribution in [2.45, 2.75) is 0 Å². The maximum atomic E-state index is 13.4. The highest BCUT2D eigenvalue weighted by atomic mass is 79.9. The molecule has 4 rings (SSSR count). The zero-order chi connectivity index (χ0) is 18.1. The monoisotopic (exact) mass is 410 g/mol. The second kappa shape index (κ2) is 6.72. The third-order valence-corrected chi connectivity index (χ3v) is 4.30. The molecule has 128 valence electrons. The number of benzene rings is 3. The van der Waals surface area contributed by atoms with Gasteiger partial charge in [-0.1, -0.05) is 28.1 Å². The Morgan fingerprint density at radius 3 is 2.69 bits per heavy atom. The van der Waals surface area contributed by atoms with Crippen LogP contribution in [0.2, 0.25) is 0 Å². The Bertz CT molecular complexity index is 1120. The molecule has 0 fully saturated rings. The van der Waals surface area contributed by atoms with Crippen LogP contribution in [0.3, 0.4) is 0 Å². The molecule has 3 aromatic carbocycles. The molecular weight excluding hydrogens is 399 g/mol. The number of amides is 1. The highest BCUT2D eigenvalue weighted by Gasteiger charge is 2.11. The van der Waals surface area contributed by atoms with Crippen LogP contribution in [0.15, 0.2) is 75.6 Å². The van der Waals surface area contributed by atoms with Crippen LogP contribution in [0.5, 0.6) is 0 Å². The molecule has 1 aromatic heterocycles. The van der Waals surface area contributed by atoms with Crippen LogP contribution >= 0.6 is 15.9 Å². The predicted molar refractivity (Wildman–Crippen MR) is 101 cm³/mol. The quantitative estimate of drug-likeness (QED) is 0.474. The van der Waals surface area contributed by atoms with Gasteiger partial charge >= 0.3 is 0 Å². The van der Waals surface area contributed by atoms with Crippen LogP contribution in [0.25, 0.3) is 22.6 Å². The molecule has 0 atom stereocenters. The van der Waals surface area contributed by atoms with Gasteiger partial charge in [0, 0.05) is 21.3 Å². The van der Waals surface area contributed by atoms with Gasteiger partial charge < -0.3 is 9.73 Å². The minimum absolute atomic E-state index is 0.223. The first-order valence-electron chi connectivity index (χ1n) is 7.82. The molecule has 26 heavy (non-hydrogen) atoms. The van der Waals surface area contributed by atoms with Crippen molar-refractivity contribution in [1.82, 2.24) is 4.98 Å². The maximum Gasteiger partial charge on any atom is 0.255 e. The van der Waals surface area contributed by atoms with E-state index in [9.17, 15) is 9.18 Å². The first-order valence-corrected chi connectivity index (χ1v) is 8.61. The Balaban J connectivity index is 1.62. The van der Waals surface area contributed by atoms with Crippen LogP contribution in [-0.4, -0.2) is 10.9 Å². The summed E-state index contributed by atoms with van der Waals surface area (Å²) in [5.74, 6) is -0.249. The number of carbonyl (C=O) groups is 1. The summed E-state index contributed by atoms with van der Waals surface area (Å²) < 4.78 is 19.9. The van der Waals surface area contributed by atoms with E-state index in [2.05, 4.69) is 26.2 Å². The van der Waals surface area contributed by atoms with Crippen molar-refractivity contribution in [3.8, 4) is 11.5 Å². The third-order valence-electron chi connectivity index (χ3n) is 3.80. The number of rotatable bonds is 3. The molecule has 0 unspecified atom stereocenters. The first kappa shape index (κ1) is 16.5. The number of nitrogens with one attached hydrogen (secondary N) is 1. The molecule has 0 saturated carbocycles. The summed E-state index contributed by atoms with van der Waals surface area (Å²) >= 11 is 3.35. The number of oxazole rings is 1. The predicted octanol–water partition coefficient (Wildman–Crippen LogP) is 5.65. The van der Waals surface area contributed by atoms with Gasteiger partial charge in [0.1, 0.15) is 11.3 Å². The zero-order valence-corrected chi connectivity index (χ0v) is 15.0. The van der Waals surface area contributed by atoms with E-state index in [0.717, 1.165) is 4.47 Å². The molecule has 1 heterocycles. The van der Waals surface area contributed by atoms with Crippen LogP contribution in [0.1, 0.15) is 10.4 Å². The van der Waals surface area contributed by atoms with E-state index in [1.807, 2.05) is 6.07 Å². The molecule has 0 bridgehead atoms. The minimum Gasteiger partial charge on any atom is -0.436 e. The van der Waals surface area contributed by atoms with Gasteiger partial charge in [0.2, 0.25) is 5.89 Å². The van der Waals surface area contributed by atoms with Crippen LogP contribution in [-0.2, 0) is 0 Å². The van der Waals surface area contributed by atoms with E-state index in [1.165, 1.54) is 12.1 Å². The summed E-state index contributed by atoms with van der Waals surface area (Å²) in [6, 6.07) is 18.4. The van der Waals surface area contributed by atoms with Crippen molar-refractivity contribution in [3.63, 3.8) is 0 Å². The summed E-state index contributed by atoms with van der Waals surface area (Å²) in [5, 5.41) is 2.83. The minimum atomic E-state index is -0.355. The van der Waals surface area contributed by atoms with E-state index in [1.54, 1.807) is 48.5 Å². The molecule has 0 aliphatic heterocycles. The number of halogens is 2. The molecule has 6 heteroatoms. The van der Waals surface area contributed by atoms with Crippen molar-refractivity contribution < 1.29 is 13.6 Å². The molecule has 0 saturated heterocycles. The van der Waals surface area contributed by atoms with Gasteiger partial charge in [-0.3, -0.25) is 4.79 Å². The van der Waals surface area contributed by atoms with Crippen molar-refractivity contribution in [2.75, 3.05) is 5.32 Å². The first-order chi connectivity index (χ1) is 12.6. The second-order valence-corrected chi connectivity index (χ2v) is 6.59. The van der Waals surface area contributed by atoms with Crippen molar-refractivity contribution in [3.05, 3.63) is 82.6 Å². The van der Waals surface area contributed by atoms with Gasteiger partial charge in [0.05, 0.1) is 0 Å². The maximum absolute atomic E-state index is 13.4. The average molecular weight is 411 g/mol. The Morgan fingerprint density at radius 2 is 1.88 bits per heavy atom. The second-order valence-electron chi connectivity index (χ2n) is 5.68. The molecule has 1 amide bonds. The fourth-order valence-corrected chi connectivity index (χ4v) is 2.98. The fraction of sp³-hybridized carbons (Fsp3) is 0. The highest BCUT2D eigenvalue weighted by molar-refractivity contribution is 9.10. The van der Waals surface area contributed by atoms with E-state index >= 15 is 0 Å². The number of carbonyl (C=O) groups excluding carboxylic acids is 1. The lowest BCUT2D eigenvalue weighted by Crippen LogP contribution is -2.11. The standard InChI is InChI=1S/C20H12BrFN2O2/c21-14-5-1-3-12(9-14)19(25)23-16-7-8-18-17(11-16)24-20(26-18)13-4-2-6-15(22)10-13/h1-11H,(H,23,25). The fourth-order valence-electron chi connectivity index (χ4n) is 2.58. The lowest BCUT2D eigenvalue weighted by Gasteiger charge is -2.05. The molecular formula is C20H12BrFN2O2. The number of fused-ring (bicyclic) bond motifs is 1. The van der Waals surface area contributed by atoms with E-state index in [-0.39, 0.29) is 11.7 Å². The lowest BCUT2D eigenvalue weighted by molar-refractivity contribution is 0.102. The van der Waals surface area contributed by atoms with Crippen LogP contribution in [0.4, 0.5) is 10.1 Å². The Kier molecular flexibility index (Phi) is 4.26. The SMILES string of the molecule is O=C(Nc1ccc2oc(-c3cccc(F)c3)nc2c1)c1cccc(Br)c1. The average Bonchev–Trinajstić information content (AvgIpc) is 3.05. The van der Waals surface area contributed by atoms with E-state index in [4.69, 9.17) is 4.42 Å². The number of hydrogen-bond donors (Lipinski definition) is 1. The Morgan fingerprint density at radius 1 is 1.04 bits per heavy atom. The molecule has 0 aliphatic rings. The molecule has 4 nitrogen and oxygen atoms in total. The van der Waals surface area contributed by atoms with Crippen molar-refractivity contribution >= 4 is 38.6 Å². The highest BCUT2D eigenvalue weighted by Crippen LogP contribution is 2.27. The molecule has 0 aliphatic carbocycles. The number of hydrogen-bond acceptors (Lipinski definition) is 3. The number of anilines is 1. The Labute approximate surface area is 156 Å². The lowest BCUT2D eigenvalue weighted by atomic mass is 10.2.